The van der Waals surface area contributed by atoms with Crippen molar-refractivity contribution in [1.82, 2.24) is 16.0 Å². The number of phosphoric acid groups is 1. The van der Waals surface area contributed by atoms with Crippen LogP contribution in [0.1, 0.15) is 20.3 Å². The molecule has 11 nitrogen and oxygen atoms in total. The van der Waals surface area contributed by atoms with Gasteiger partial charge in [0.05, 0.1) is 12.4 Å². The van der Waals surface area contributed by atoms with E-state index < -0.39 is 31.9 Å². The van der Waals surface area contributed by atoms with Crippen LogP contribution in [0.25, 0.3) is 0 Å². The second kappa shape index (κ2) is 12.3. The molecule has 0 radical (unpaired) electrons. The lowest BCUT2D eigenvalue weighted by Gasteiger charge is -2.29. The van der Waals surface area contributed by atoms with Crippen molar-refractivity contribution in [3.8, 4) is 0 Å². The molecule has 0 aromatic carbocycles. The summed E-state index contributed by atoms with van der Waals surface area (Å²) in [6, 6.07) is 0. The minimum atomic E-state index is -4.71. The van der Waals surface area contributed by atoms with E-state index in [1.165, 1.54) is 25.6 Å². The fraction of sp³-hybridized carbons (Fsp3) is 0.786. The van der Waals surface area contributed by atoms with Crippen LogP contribution < -0.4 is 16.0 Å². The highest BCUT2D eigenvalue weighted by molar-refractivity contribution is 7.99. The molecule has 13 heteroatoms. The Bertz CT molecular complexity index is 554. The van der Waals surface area contributed by atoms with Crippen LogP contribution in [0.5, 0.6) is 0 Å². The summed E-state index contributed by atoms with van der Waals surface area (Å²) in [5, 5.41) is 17.5. The zero-order valence-electron chi connectivity index (χ0n) is 15.6. The number of nitrogens with one attached hydrogen (secondary N) is 3. The Balaban J connectivity index is 4.04. The Morgan fingerprint density at radius 2 is 1.78 bits per heavy atom. The van der Waals surface area contributed by atoms with E-state index in [9.17, 15) is 24.1 Å². The number of amides is 3. The number of aliphatic hydroxyl groups excluding tert-OH is 1. The van der Waals surface area contributed by atoms with Gasteiger partial charge in [0.1, 0.15) is 6.10 Å². The van der Waals surface area contributed by atoms with E-state index in [1.54, 1.807) is 7.05 Å². The van der Waals surface area contributed by atoms with Crippen LogP contribution in [0, 0.1) is 5.41 Å². The highest BCUT2D eigenvalue weighted by atomic mass is 32.2. The average Bonchev–Trinajstić information content (AvgIpc) is 2.58. The molecule has 3 amide bonds. The molecule has 1 atom stereocenters. The molecule has 0 spiro atoms. The summed E-state index contributed by atoms with van der Waals surface area (Å²) >= 11 is 1.37. The highest BCUT2D eigenvalue weighted by Gasteiger charge is 2.35. The van der Waals surface area contributed by atoms with Crippen LogP contribution in [0.3, 0.4) is 0 Å². The van der Waals surface area contributed by atoms with Gasteiger partial charge in [-0.25, -0.2) is 4.57 Å². The number of carbonyl (C=O) groups excluding carboxylic acids is 3. The highest BCUT2D eigenvalue weighted by Crippen LogP contribution is 2.38. The van der Waals surface area contributed by atoms with Gasteiger partial charge in [0, 0.05) is 37.7 Å². The normalized spacial score (nSPS) is 13.0. The van der Waals surface area contributed by atoms with Crippen molar-refractivity contribution in [2.45, 2.75) is 26.4 Å². The Morgan fingerprint density at radius 3 is 2.33 bits per heavy atom. The van der Waals surface area contributed by atoms with E-state index in [4.69, 9.17) is 9.79 Å². The van der Waals surface area contributed by atoms with Gasteiger partial charge < -0.3 is 30.8 Å². The first kappa shape index (κ1) is 25.8. The lowest BCUT2D eigenvalue weighted by Crippen LogP contribution is -2.46. The van der Waals surface area contributed by atoms with E-state index in [0.29, 0.717) is 18.1 Å². The van der Waals surface area contributed by atoms with Crippen LogP contribution in [-0.4, -0.2) is 77.0 Å². The Labute approximate surface area is 162 Å². The van der Waals surface area contributed by atoms with Gasteiger partial charge in [0.25, 0.3) is 0 Å². The van der Waals surface area contributed by atoms with E-state index in [-0.39, 0.29) is 24.8 Å². The summed E-state index contributed by atoms with van der Waals surface area (Å²) in [6.07, 6.45) is -1.58. The minimum Gasteiger partial charge on any atom is -0.383 e. The largest absolute Gasteiger partial charge is 0.469 e. The van der Waals surface area contributed by atoms with Crippen LogP contribution >= 0.6 is 19.6 Å². The quantitative estimate of drug-likeness (QED) is 0.152. The molecule has 0 aliphatic heterocycles. The molecule has 0 unspecified atom stereocenters. The molecule has 0 fully saturated rings. The molecule has 0 aliphatic carbocycles. The number of hydrogen-bond acceptors (Lipinski definition) is 7. The van der Waals surface area contributed by atoms with Crippen LogP contribution in [-0.2, 0) is 23.5 Å². The van der Waals surface area contributed by atoms with Crippen LogP contribution in [0.2, 0.25) is 0 Å². The fourth-order valence-electron chi connectivity index (χ4n) is 1.67. The van der Waals surface area contributed by atoms with Crippen molar-refractivity contribution in [3.05, 3.63) is 0 Å². The zero-order chi connectivity index (χ0) is 21.1. The van der Waals surface area contributed by atoms with Gasteiger partial charge in [0.2, 0.25) is 17.7 Å². The van der Waals surface area contributed by atoms with E-state index in [0.717, 1.165) is 0 Å². The average molecular weight is 429 g/mol. The summed E-state index contributed by atoms with van der Waals surface area (Å²) in [5.41, 5.74) is -1.24. The second-order valence-corrected chi connectivity index (χ2v) is 8.62. The lowest BCUT2D eigenvalue weighted by molar-refractivity contribution is -0.137. The topological polar surface area (TPSA) is 174 Å². The van der Waals surface area contributed by atoms with Crippen molar-refractivity contribution in [3.63, 3.8) is 0 Å². The molecular weight excluding hydrogens is 401 g/mol. The zero-order valence-corrected chi connectivity index (χ0v) is 17.3. The van der Waals surface area contributed by atoms with E-state index in [2.05, 4.69) is 20.5 Å². The molecule has 158 valence electrons. The van der Waals surface area contributed by atoms with Gasteiger partial charge in [-0.05, 0) is 0 Å². The molecular formula is C14H28N3O8PS. The summed E-state index contributed by atoms with van der Waals surface area (Å²) in [7, 11) is -3.17. The smallest absolute Gasteiger partial charge is 0.383 e. The summed E-state index contributed by atoms with van der Waals surface area (Å²) in [4.78, 5) is 51.9. The van der Waals surface area contributed by atoms with Crippen molar-refractivity contribution in [2.75, 3.05) is 38.2 Å². The molecule has 6 N–H and O–H groups in total. The summed E-state index contributed by atoms with van der Waals surface area (Å²) in [5.74, 6) is -0.292. The summed E-state index contributed by atoms with van der Waals surface area (Å²) in [6.45, 7) is 2.67. The molecule has 0 heterocycles. The monoisotopic (exact) mass is 429 g/mol. The Kier molecular flexibility index (Phi) is 11.8. The van der Waals surface area contributed by atoms with Crippen molar-refractivity contribution >= 4 is 37.3 Å². The predicted octanol–water partition coefficient (Wildman–Crippen LogP) is -1.42. The van der Waals surface area contributed by atoms with Crippen molar-refractivity contribution in [2.24, 2.45) is 5.41 Å². The molecule has 0 saturated carbocycles. The number of hydrogen-bond donors (Lipinski definition) is 6. The van der Waals surface area contributed by atoms with Crippen LogP contribution in [0.15, 0.2) is 0 Å². The molecule has 0 rings (SSSR count). The third kappa shape index (κ3) is 12.8. The van der Waals surface area contributed by atoms with Crippen molar-refractivity contribution in [1.29, 1.82) is 0 Å². The predicted molar refractivity (Wildman–Crippen MR) is 99.8 cm³/mol. The van der Waals surface area contributed by atoms with Gasteiger partial charge >= 0.3 is 7.82 Å². The Morgan fingerprint density at radius 1 is 1.15 bits per heavy atom. The van der Waals surface area contributed by atoms with Gasteiger partial charge in [-0.2, -0.15) is 11.8 Å². The fourth-order valence-corrected chi connectivity index (χ4v) is 2.89. The lowest BCUT2D eigenvalue weighted by atomic mass is 9.87. The molecule has 0 saturated heterocycles. The third-order valence-electron chi connectivity index (χ3n) is 3.33. The van der Waals surface area contributed by atoms with E-state index >= 15 is 0 Å². The number of aliphatic hydroxyl groups is 1. The molecule has 0 aliphatic rings. The van der Waals surface area contributed by atoms with Gasteiger partial charge in [-0.3, -0.25) is 18.9 Å². The Hall–Kier alpha value is -1.17. The van der Waals surface area contributed by atoms with E-state index in [1.807, 2.05) is 0 Å². The standard InChI is InChI=1S/C14H28N3O8PS/c1-14(2,9-25-26(22,23)24)12(20)13(21)17-5-4-10(18)16-6-7-27-8-11(19)15-3/h12,20H,4-9H2,1-3H3,(H,15,19)(H,16,18)(H,17,21)(H2,22,23,24)/t12-/m1/s1. The van der Waals surface area contributed by atoms with Crippen LogP contribution in [0.4, 0.5) is 0 Å². The number of carbonyl (C=O) groups is 3. The summed E-state index contributed by atoms with van der Waals surface area (Å²) < 4.78 is 15.0. The maximum absolute atomic E-state index is 11.9. The number of thioether (sulfide) groups is 1. The van der Waals surface area contributed by atoms with Gasteiger partial charge in [0.15, 0.2) is 0 Å². The molecule has 0 aromatic heterocycles. The maximum atomic E-state index is 11.9. The number of rotatable bonds is 13. The molecule has 0 aromatic rings. The first-order valence-corrected chi connectivity index (χ1v) is 10.8. The molecule has 0 bridgehead atoms. The third-order valence-corrected chi connectivity index (χ3v) is 4.75. The maximum Gasteiger partial charge on any atom is 0.469 e. The first-order chi connectivity index (χ1) is 12.4. The first-order valence-electron chi connectivity index (χ1n) is 8.10. The SMILES string of the molecule is CNC(=O)CSCCNC(=O)CCNC(=O)[C@@H](O)C(C)(C)COP(=O)(O)O. The van der Waals surface area contributed by atoms with Crippen molar-refractivity contribution < 1.29 is 38.4 Å². The molecule has 27 heavy (non-hydrogen) atoms. The van der Waals surface area contributed by atoms with Gasteiger partial charge in [-0.15, -0.1) is 0 Å². The minimum absolute atomic E-state index is 0.00200. The number of phosphoric ester groups is 1. The van der Waals surface area contributed by atoms with Gasteiger partial charge in [-0.1, -0.05) is 13.8 Å². The second-order valence-electron chi connectivity index (χ2n) is 6.27.